The molecule has 0 saturated heterocycles. The highest BCUT2D eigenvalue weighted by atomic mass is 35.5. The maximum absolute atomic E-state index is 13.8. The van der Waals surface area contributed by atoms with Gasteiger partial charge in [-0.25, -0.2) is 18.7 Å². The normalized spacial score (nSPS) is 14.2. The molecule has 148 valence electrons. The summed E-state index contributed by atoms with van der Waals surface area (Å²) < 4.78 is 26.8. The van der Waals surface area contributed by atoms with Crippen LogP contribution in [0.2, 0.25) is 0 Å². The fourth-order valence-corrected chi connectivity index (χ4v) is 3.95. The highest BCUT2D eigenvalue weighted by molar-refractivity contribution is 7.13. The third-order valence-corrected chi connectivity index (χ3v) is 5.75. The Morgan fingerprint density at radius 1 is 1.21 bits per heavy atom. The second-order valence-corrected chi connectivity index (χ2v) is 7.71. The summed E-state index contributed by atoms with van der Waals surface area (Å²) in [6.07, 6.45) is 4.08. The minimum atomic E-state index is -0.930. The Hall–Kier alpha value is -2.84. The highest BCUT2D eigenvalue weighted by Crippen LogP contribution is 2.32. The van der Waals surface area contributed by atoms with E-state index in [1.54, 1.807) is 35.9 Å². The molecule has 0 fully saturated rings. The van der Waals surface area contributed by atoms with Crippen molar-refractivity contribution in [3.8, 4) is 0 Å². The van der Waals surface area contributed by atoms with Gasteiger partial charge in [0.25, 0.3) is 5.91 Å². The van der Waals surface area contributed by atoms with Crippen LogP contribution < -0.4 is 10.2 Å². The van der Waals surface area contributed by atoms with E-state index in [4.69, 9.17) is 11.6 Å². The molecule has 1 aliphatic heterocycles. The molecule has 2 aromatic heterocycles. The van der Waals surface area contributed by atoms with Crippen LogP contribution in [0.1, 0.15) is 22.3 Å². The number of anilines is 2. The van der Waals surface area contributed by atoms with Gasteiger partial charge in [-0.1, -0.05) is 11.6 Å². The van der Waals surface area contributed by atoms with Crippen molar-refractivity contribution in [2.24, 2.45) is 0 Å². The number of nitrogens with one attached hydrogen (secondary N) is 1. The topological polar surface area (TPSA) is 58.1 Å². The number of rotatable bonds is 4. The summed E-state index contributed by atoms with van der Waals surface area (Å²) >= 11 is 8.01. The van der Waals surface area contributed by atoms with Crippen LogP contribution in [0.5, 0.6) is 0 Å². The van der Waals surface area contributed by atoms with Gasteiger partial charge in [0.2, 0.25) is 0 Å². The third-order valence-electron chi connectivity index (χ3n) is 4.50. The van der Waals surface area contributed by atoms with Crippen molar-refractivity contribution in [1.29, 1.82) is 0 Å². The summed E-state index contributed by atoms with van der Waals surface area (Å²) in [5, 5.41) is 6.14. The molecule has 0 bridgehead atoms. The van der Waals surface area contributed by atoms with E-state index < -0.39 is 17.5 Å². The number of carbonyl (C=O) groups is 1. The van der Waals surface area contributed by atoms with Crippen molar-refractivity contribution in [1.82, 2.24) is 9.97 Å². The third kappa shape index (κ3) is 4.28. The molecule has 1 N–H and O–H groups in total. The molecule has 0 spiro atoms. The van der Waals surface area contributed by atoms with Crippen LogP contribution in [0.25, 0.3) is 5.57 Å². The number of aromatic nitrogens is 2. The smallest absolute Gasteiger partial charge is 0.259 e. The van der Waals surface area contributed by atoms with Gasteiger partial charge in [-0.15, -0.1) is 11.3 Å². The van der Waals surface area contributed by atoms with Crippen molar-refractivity contribution >= 4 is 45.4 Å². The van der Waals surface area contributed by atoms with Crippen molar-refractivity contribution in [3.05, 3.63) is 75.9 Å². The summed E-state index contributed by atoms with van der Waals surface area (Å²) in [4.78, 5) is 22.9. The van der Waals surface area contributed by atoms with E-state index in [1.165, 1.54) is 0 Å². The van der Waals surface area contributed by atoms with Gasteiger partial charge in [0.15, 0.2) is 5.13 Å². The van der Waals surface area contributed by atoms with Gasteiger partial charge in [-0.2, -0.15) is 0 Å². The number of carbonyl (C=O) groups excluding carboxylic acids is 1. The lowest BCUT2D eigenvalue weighted by Gasteiger charge is -2.28. The van der Waals surface area contributed by atoms with Crippen molar-refractivity contribution in [2.45, 2.75) is 6.42 Å². The largest absolute Gasteiger partial charge is 0.343 e. The molecule has 9 heteroatoms. The van der Waals surface area contributed by atoms with E-state index in [2.05, 4.69) is 20.2 Å². The van der Waals surface area contributed by atoms with E-state index in [9.17, 15) is 13.6 Å². The molecule has 29 heavy (non-hydrogen) atoms. The summed E-state index contributed by atoms with van der Waals surface area (Å²) in [5.74, 6) is -2.12. The fraction of sp³-hybridized carbons (Fsp3) is 0.150. The molecule has 3 aromatic rings. The first kappa shape index (κ1) is 19.5. The van der Waals surface area contributed by atoms with E-state index in [1.807, 2.05) is 5.38 Å². The monoisotopic (exact) mass is 432 g/mol. The Balaban J connectivity index is 1.49. The molecule has 0 unspecified atom stereocenters. The van der Waals surface area contributed by atoms with Crippen LogP contribution in [0.4, 0.5) is 19.7 Å². The summed E-state index contributed by atoms with van der Waals surface area (Å²) in [6.45, 7) is 1.40. The van der Waals surface area contributed by atoms with Crippen LogP contribution in [0.15, 0.2) is 53.1 Å². The molecule has 5 nitrogen and oxygen atoms in total. The van der Waals surface area contributed by atoms with Crippen LogP contribution in [-0.2, 0) is 0 Å². The second kappa shape index (κ2) is 8.26. The maximum atomic E-state index is 13.8. The van der Waals surface area contributed by atoms with Crippen LogP contribution >= 0.6 is 22.9 Å². The summed E-state index contributed by atoms with van der Waals surface area (Å²) in [6, 6.07) is 6.20. The zero-order chi connectivity index (χ0) is 20.4. The molecular formula is C20H15ClF2N4OS. The van der Waals surface area contributed by atoms with E-state index in [-0.39, 0.29) is 11.4 Å². The number of nitrogens with zero attached hydrogens (tertiary/aromatic N) is 3. The molecule has 4 rings (SSSR count). The van der Waals surface area contributed by atoms with Gasteiger partial charge in [-0.3, -0.25) is 4.79 Å². The average Bonchev–Trinajstić information content (AvgIpc) is 3.24. The molecule has 0 saturated carbocycles. The number of hydrogen-bond acceptors (Lipinski definition) is 5. The summed E-state index contributed by atoms with van der Waals surface area (Å²) in [7, 11) is 0. The van der Waals surface area contributed by atoms with Crippen LogP contribution in [-0.4, -0.2) is 29.0 Å². The Kier molecular flexibility index (Phi) is 5.55. The maximum Gasteiger partial charge on any atom is 0.259 e. The number of halogens is 3. The average molecular weight is 433 g/mol. The Morgan fingerprint density at radius 2 is 2.07 bits per heavy atom. The molecular weight excluding hydrogens is 418 g/mol. The minimum absolute atomic E-state index is 0.255. The number of hydrogen-bond donors (Lipinski definition) is 1. The van der Waals surface area contributed by atoms with Crippen LogP contribution in [0, 0.1) is 11.6 Å². The van der Waals surface area contributed by atoms with Gasteiger partial charge in [0, 0.05) is 48.4 Å². The predicted molar refractivity (Wildman–Crippen MR) is 110 cm³/mol. The minimum Gasteiger partial charge on any atom is -0.343 e. The summed E-state index contributed by atoms with van der Waals surface area (Å²) in [5.41, 5.74) is 1.53. The van der Waals surface area contributed by atoms with E-state index in [0.29, 0.717) is 19.0 Å². The van der Waals surface area contributed by atoms with Crippen LogP contribution in [0.3, 0.4) is 0 Å². The van der Waals surface area contributed by atoms with Gasteiger partial charge < -0.3 is 10.2 Å². The van der Waals surface area contributed by atoms with E-state index in [0.717, 1.165) is 40.0 Å². The number of amides is 1. The zero-order valence-corrected chi connectivity index (χ0v) is 16.6. The van der Waals surface area contributed by atoms with Gasteiger partial charge in [-0.05, 0) is 35.4 Å². The molecule has 0 aliphatic carbocycles. The predicted octanol–water partition coefficient (Wildman–Crippen LogP) is 4.93. The SMILES string of the molecule is O=C(Nc1ccc(C2=C(Cl)CCN(c3nccs3)C2)cn1)c1ccc(F)cc1F. The van der Waals surface area contributed by atoms with Crippen molar-refractivity contribution in [3.63, 3.8) is 0 Å². The molecule has 0 atom stereocenters. The lowest BCUT2D eigenvalue weighted by Crippen LogP contribution is -2.30. The zero-order valence-electron chi connectivity index (χ0n) is 15.0. The Morgan fingerprint density at radius 3 is 2.76 bits per heavy atom. The van der Waals surface area contributed by atoms with Gasteiger partial charge in [0.05, 0.1) is 5.56 Å². The van der Waals surface area contributed by atoms with E-state index >= 15 is 0 Å². The first-order valence-corrected chi connectivity index (χ1v) is 10.0. The van der Waals surface area contributed by atoms with Crippen molar-refractivity contribution < 1.29 is 13.6 Å². The first-order valence-electron chi connectivity index (χ1n) is 8.76. The molecule has 1 amide bonds. The van der Waals surface area contributed by atoms with Gasteiger partial charge >= 0.3 is 0 Å². The lowest BCUT2D eigenvalue weighted by molar-refractivity contribution is 0.102. The number of thiazole rings is 1. The standard InChI is InChI=1S/C20H15ClF2N4OS/c21-16-5-7-27(20-24-6-8-29-20)11-15(16)12-1-4-18(25-10-12)26-19(28)14-3-2-13(22)9-17(14)23/h1-4,6,8-10H,5,7,11H2,(H,25,26,28). The number of benzene rings is 1. The van der Waals surface area contributed by atoms with Gasteiger partial charge in [0.1, 0.15) is 17.5 Å². The molecule has 1 aromatic carbocycles. The quantitative estimate of drug-likeness (QED) is 0.635. The molecule has 0 radical (unpaired) electrons. The Bertz CT molecular complexity index is 1070. The second-order valence-electron chi connectivity index (χ2n) is 6.38. The fourth-order valence-electron chi connectivity index (χ4n) is 3.03. The lowest BCUT2D eigenvalue weighted by atomic mass is 10.0. The molecule has 1 aliphatic rings. The highest BCUT2D eigenvalue weighted by Gasteiger charge is 2.21. The number of pyridine rings is 1. The Labute approximate surface area is 174 Å². The van der Waals surface area contributed by atoms with Crippen molar-refractivity contribution in [2.75, 3.05) is 23.3 Å². The molecule has 3 heterocycles. The first-order chi connectivity index (χ1) is 14.0.